The SMILES string of the molecule is CC(=O)Oc1cc(OC(C)=O)cc(C(=O)Nc2ccc(OCC(=O)[O-])cc2)c1. The van der Waals surface area contributed by atoms with Crippen molar-refractivity contribution < 1.29 is 38.5 Å². The van der Waals surface area contributed by atoms with Crippen LogP contribution in [0.3, 0.4) is 0 Å². The Bertz CT molecular complexity index is 870. The molecule has 9 heteroatoms. The Morgan fingerprint density at radius 2 is 1.39 bits per heavy atom. The summed E-state index contributed by atoms with van der Waals surface area (Å²) < 4.78 is 14.9. The lowest BCUT2D eigenvalue weighted by Crippen LogP contribution is -2.28. The van der Waals surface area contributed by atoms with Gasteiger partial charge in [0.15, 0.2) is 0 Å². The minimum absolute atomic E-state index is 0.0439. The highest BCUT2D eigenvalue weighted by molar-refractivity contribution is 6.05. The van der Waals surface area contributed by atoms with Gasteiger partial charge in [0.1, 0.15) is 23.9 Å². The summed E-state index contributed by atoms with van der Waals surface area (Å²) in [4.78, 5) is 45.2. The molecular formula is C19H16NO8-. The number of carboxylic acid groups (broad SMARTS) is 1. The summed E-state index contributed by atoms with van der Waals surface area (Å²) in [6, 6.07) is 9.90. The molecular weight excluding hydrogens is 370 g/mol. The summed E-state index contributed by atoms with van der Waals surface area (Å²) in [6.45, 7) is 1.80. The number of anilines is 1. The molecule has 0 unspecified atom stereocenters. The largest absolute Gasteiger partial charge is 0.546 e. The monoisotopic (exact) mass is 386 g/mol. The van der Waals surface area contributed by atoms with E-state index in [-0.39, 0.29) is 22.8 Å². The van der Waals surface area contributed by atoms with Crippen LogP contribution < -0.4 is 24.6 Å². The zero-order valence-electron chi connectivity index (χ0n) is 15.0. The van der Waals surface area contributed by atoms with Crippen molar-refractivity contribution in [3.8, 4) is 17.2 Å². The Morgan fingerprint density at radius 3 is 1.86 bits per heavy atom. The Kier molecular flexibility index (Phi) is 6.69. The number of amides is 1. The molecule has 1 N–H and O–H groups in total. The van der Waals surface area contributed by atoms with Gasteiger partial charge in [0.25, 0.3) is 5.91 Å². The molecule has 0 bridgehead atoms. The van der Waals surface area contributed by atoms with Crippen LogP contribution >= 0.6 is 0 Å². The van der Waals surface area contributed by atoms with Crippen LogP contribution in [0.5, 0.6) is 17.2 Å². The Labute approximate surface area is 159 Å². The van der Waals surface area contributed by atoms with Crippen LogP contribution in [0.4, 0.5) is 5.69 Å². The molecule has 0 radical (unpaired) electrons. The number of esters is 2. The molecule has 146 valence electrons. The summed E-state index contributed by atoms with van der Waals surface area (Å²) in [7, 11) is 0. The van der Waals surface area contributed by atoms with Crippen LogP contribution in [0.25, 0.3) is 0 Å². The number of benzene rings is 2. The Balaban J connectivity index is 2.16. The van der Waals surface area contributed by atoms with Crippen molar-refractivity contribution in [1.82, 2.24) is 0 Å². The first-order chi connectivity index (χ1) is 13.2. The van der Waals surface area contributed by atoms with E-state index in [1.165, 1.54) is 56.3 Å². The van der Waals surface area contributed by atoms with E-state index < -0.39 is 30.4 Å². The molecule has 9 nitrogen and oxygen atoms in total. The normalized spacial score (nSPS) is 9.93. The van der Waals surface area contributed by atoms with Crippen molar-refractivity contribution in [2.45, 2.75) is 13.8 Å². The molecule has 0 atom stereocenters. The smallest absolute Gasteiger partial charge is 0.308 e. The van der Waals surface area contributed by atoms with Crippen LogP contribution in [0.15, 0.2) is 42.5 Å². The predicted octanol–water partition coefficient (Wildman–Crippen LogP) is 0.918. The summed E-state index contributed by atoms with van der Waals surface area (Å²) in [5, 5.41) is 13.0. The standard InChI is InChI=1S/C19H17NO8/c1-11(21)27-16-7-13(8-17(9-16)28-12(2)22)19(25)20-14-3-5-15(6-4-14)26-10-18(23)24/h3-9H,10H2,1-2H3,(H,20,25)(H,23,24)/p-1. The second-order valence-corrected chi connectivity index (χ2v) is 5.52. The second-order valence-electron chi connectivity index (χ2n) is 5.52. The average molecular weight is 386 g/mol. The third kappa shape index (κ3) is 6.45. The van der Waals surface area contributed by atoms with E-state index in [1.54, 1.807) is 0 Å². The molecule has 28 heavy (non-hydrogen) atoms. The topological polar surface area (TPSA) is 131 Å². The highest BCUT2D eigenvalue weighted by atomic mass is 16.5. The third-order valence-corrected chi connectivity index (χ3v) is 3.13. The molecule has 2 aromatic rings. The van der Waals surface area contributed by atoms with Gasteiger partial charge in [-0.25, -0.2) is 0 Å². The molecule has 0 fully saturated rings. The first-order valence-electron chi connectivity index (χ1n) is 7.99. The van der Waals surface area contributed by atoms with Crippen molar-refractivity contribution in [1.29, 1.82) is 0 Å². The van der Waals surface area contributed by atoms with Gasteiger partial charge in [-0.15, -0.1) is 0 Å². The minimum Gasteiger partial charge on any atom is -0.546 e. The highest BCUT2D eigenvalue weighted by Gasteiger charge is 2.13. The van der Waals surface area contributed by atoms with E-state index in [0.717, 1.165) is 0 Å². The summed E-state index contributed by atoms with van der Waals surface area (Å²) in [6.07, 6.45) is 0. The maximum atomic E-state index is 12.5. The average Bonchev–Trinajstić information content (AvgIpc) is 2.59. The van der Waals surface area contributed by atoms with Crippen LogP contribution in [0.2, 0.25) is 0 Å². The molecule has 0 aromatic heterocycles. The van der Waals surface area contributed by atoms with Gasteiger partial charge in [0, 0.05) is 31.2 Å². The molecule has 2 aromatic carbocycles. The van der Waals surface area contributed by atoms with Crippen molar-refractivity contribution in [3.63, 3.8) is 0 Å². The molecule has 1 amide bonds. The minimum atomic E-state index is -1.35. The lowest BCUT2D eigenvalue weighted by Gasteiger charge is -2.11. The Morgan fingerprint density at radius 1 is 0.857 bits per heavy atom. The van der Waals surface area contributed by atoms with Gasteiger partial charge in [0.05, 0.1) is 5.97 Å². The van der Waals surface area contributed by atoms with E-state index in [9.17, 15) is 24.3 Å². The molecule has 2 rings (SSSR count). The predicted molar refractivity (Wildman–Crippen MR) is 94.0 cm³/mol. The molecule has 0 aliphatic heterocycles. The van der Waals surface area contributed by atoms with E-state index in [0.29, 0.717) is 5.69 Å². The summed E-state index contributed by atoms with van der Waals surface area (Å²) in [5.41, 5.74) is 0.491. The number of aliphatic carboxylic acids is 1. The summed E-state index contributed by atoms with van der Waals surface area (Å²) in [5.74, 6) is -2.72. The van der Waals surface area contributed by atoms with Crippen molar-refractivity contribution in [2.24, 2.45) is 0 Å². The number of hydrogen-bond donors (Lipinski definition) is 1. The Hall–Kier alpha value is -3.88. The molecule has 0 saturated carbocycles. The van der Waals surface area contributed by atoms with Crippen LogP contribution in [0.1, 0.15) is 24.2 Å². The second kappa shape index (κ2) is 9.17. The number of nitrogens with one attached hydrogen (secondary N) is 1. The van der Waals surface area contributed by atoms with E-state index in [2.05, 4.69) is 5.32 Å². The molecule has 0 saturated heterocycles. The van der Waals surface area contributed by atoms with E-state index in [4.69, 9.17) is 14.2 Å². The fourth-order valence-electron chi connectivity index (χ4n) is 2.13. The van der Waals surface area contributed by atoms with Gasteiger partial charge in [-0.2, -0.15) is 0 Å². The number of carbonyl (C=O) groups is 4. The molecule has 0 heterocycles. The number of hydrogen-bond acceptors (Lipinski definition) is 8. The maximum Gasteiger partial charge on any atom is 0.308 e. The lowest BCUT2D eigenvalue weighted by molar-refractivity contribution is -0.307. The third-order valence-electron chi connectivity index (χ3n) is 3.13. The first-order valence-corrected chi connectivity index (χ1v) is 7.99. The molecule has 0 aliphatic rings. The fourth-order valence-corrected chi connectivity index (χ4v) is 2.13. The maximum absolute atomic E-state index is 12.5. The van der Waals surface area contributed by atoms with Gasteiger partial charge < -0.3 is 29.4 Å². The molecule has 0 spiro atoms. The van der Waals surface area contributed by atoms with Crippen LogP contribution in [-0.4, -0.2) is 30.4 Å². The fraction of sp³-hybridized carbons (Fsp3) is 0.158. The first kappa shape index (κ1) is 20.4. The van der Waals surface area contributed by atoms with Gasteiger partial charge in [0.2, 0.25) is 0 Å². The number of rotatable bonds is 7. The highest BCUT2D eigenvalue weighted by Crippen LogP contribution is 2.25. The number of carbonyl (C=O) groups excluding carboxylic acids is 4. The van der Waals surface area contributed by atoms with E-state index >= 15 is 0 Å². The molecule has 0 aliphatic carbocycles. The zero-order valence-corrected chi connectivity index (χ0v) is 15.0. The van der Waals surface area contributed by atoms with Crippen LogP contribution in [-0.2, 0) is 14.4 Å². The van der Waals surface area contributed by atoms with E-state index in [1.807, 2.05) is 0 Å². The number of ether oxygens (including phenoxy) is 3. The van der Waals surface area contributed by atoms with Gasteiger partial charge in [-0.05, 0) is 36.4 Å². The van der Waals surface area contributed by atoms with Crippen molar-refractivity contribution >= 4 is 29.5 Å². The quantitative estimate of drug-likeness (QED) is 0.549. The lowest BCUT2D eigenvalue weighted by atomic mass is 10.1. The van der Waals surface area contributed by atoms with Crippen molar-refractivity contribution in [3.05, 3.63) is 48.0 Å². The van der Waals surface area contributed by atoms with Crippen molar-refractivity contribution in [2.75, 3.05) is 11.9 Å². The van der Waals surface area contributed by atoms with Crippen LogP contribution in [0, 0.1) is 0 Å². The number of carboxylic acids is 1. The van der Waals surface area contributed by atoms with Gasteiger partial charge in [-0.3, -0.25) is 14.4 Å². The van der Waals surface area contributed by atoms with Gasteiger partial charge >= 0.3 is 11.9 Å². The van der Waals surface area contributed by atoms with Gasteiger partial charge in [-0.1, -0.05) is 0 Å². The summed E-state index contributed by atoms with van der Waals surface area (Å²) >= 11 is 0. The zero-order chi connectivity index (χ0) is 20.7.